The smallest absolute Gasteiger partial charge is 0.0488 e. The summed E-state index contributed by atoms with van der Waals surface area (Å²) < 4.78 is 0. The van der Waals surface area contributed by atoms with Crippen molar-refractivity contribution in [1.82, 2.24) is 0 Å². The number of nitrogens with zero attached hydrogens (tertiary/aromatic N) is 2. The maximum Gasteiger partial charge on any atom is 0.0488 e. The summed E-state index contributed by atoms with van der Waals surface area (Å²) in [4.78, 5) is 4.76. The summed E-state index contributed by atoms with van der Waals surface area (Å²) in [5.74, 6) is 0. The van der Waals surface area contributed by atoms with Crippen molar-refractivity contribution in [3.63, 3.8) is 0 Å². The van der Waals surface area contributed by atoms with Crippen LogP contribution in [0.25, 0.3) is 66.4 Å². The van der Waals surface area contributed by atoms with Crippen molar-refractivity contribution in [1.29, 1.82) is 0 Å². The van der Waals surface area contributed by atoms with E-state index in [4.69, 9.17) is 0 Å². The van der Waals surface area contributed by atoms with E-state index in [1.54, 1.807) is 0 Å². The lowest BCUT2D eigenvalue weighted by molar-refractivity contribution is 1.25. The Morgan fingerprint density at radius 1 is 0.217 bits per heavy atom. The second kappa shape index (κ2) is 15.1. The lowest BCUT2D eigenvalue weighted by Gasteiger charge is -2.31. The largest absolute Gasteiger partial charge is 0.310 e. The van der Waals surface area contributed by atoms with Crippen LogP contribution in [0.1, 0.15) is 0 Å². The van der Waals surface area contributed by atoms with Crippen molar-refractivity contribution in [3.05, 3.63) is 243 Å². The first-order valence-corrected chi connectivity index (χ1v) is 20.6. The van der Waals surface area contributed by atoms with Crippen LogP contribution in [0.5, 0.6) is 0 Å². The van der Waals surface area contributed by atoms with Crippen molar-refractivity contribution < 1.29 is 0 Å². The van der Waals surface area contributed by atoms with Gasteiger partial charge in [0.25, 0.3) is 0 Å². The van der Waals surface area contributed by atoms with Gasteiger partial charge in [-0.1, -0.05) is 170 Å². The summed E-state index contributed by atoms with van der Waals surface area (Å²) in [6.45, 7) is 0. The zero-order valence-electron chi connectivity index (χ0n) is 33.0. The Morgan fingerprint density at radius 3 is 1.05 bits per heavy atom. The Balaban J connectivity index is 1.28. The van der Waals surface area contributed by atoms with Crippen LogP contribution in [0.15, 0.2) is 243 Å². The molecule has 0 radical (unpaired) electrons. The third-order valence-corrected chi connectivity index (χ3v) is 11.7. The SMILES string of the molecule is c1ccc(-c2cc(-c3cc(N(c4ccccc4)c4ccccc4)cc(N(c4ccccc4)c4ccccc4)c3)c(-c3ccccc3)c3c2-c2cccc4cccc-3c24)cc1. The molecule has 60 heavy (non-hydrogen) atoms. The number of para-hydroxylation sites is 4. The standard InChI is InChI=1S/C58H40N2/c1-7-21-41(22-8-1)53-40-54(56(43-23-9-2-10-24-43)58-52-36-20-26-42-25-19-35-51(55(42)52)57(53)58)44-37-49(59(45-27-11-3-12-28-45)46-29-13-4-14-30-46)39-50(38-44)60(47-31-15-5-16-32-47)48-33-17-6-18-34-48/h1-40H. The molecule has 0 unspecified atom stereocenters. The van der Waals surface area contributed by atoms with Crippen molar-refractivity contribution in [3.8, 4) is 55.6 Å². The zero-order chi connectivity index (χ0) is 39.8. The molecule has 0 heterocycles. The molecule has 0 aliphatic heterocycles. The average molecular weight is 765 g/mol. The zero-order valence-corrected chi connectivity index (χ0v) is 33.0. The maximum absolute atomic E-state index is 2.47. The topological polar surface area (TPSA) is 6.48 Å². The van der Waals surface area contributed by atoms with Gasteiger partial charge in [0.1, 0.15) is 0 Å². The number of anilines is 6. The molecule has 11 rings (SSSR count). The van der Waals surface area contributed by atoms with Gasteiger partial charge < -0.3 is 9.80 Å². The van der Waals surface area contributed by atoms with E-state index in [0.29, 0.717) is 0 Å². The first kappa shape index (κ1) is 35.2. The summed E-state index contributed by atoms with van der Waals surface area (Å²) >= 11 is 0. The van der Waals surface area contributed by atoms with Crippen LogP contribution in [-0.4, -0.2) is 0 Å². The molecule has 1 aliphatic rings. The molecule has 0 saturated carbocycles. The first-order valence-electron chi connectivity index (χ1n) is 20.6. The van der Waals surface area contributed by atoms with Crippen molar-refractivity contribution in [2.75, 3.05) is 9.80 Å². The fourth-order valence-corrected chi connectivity index (χ4v) is 9.18. The summed E-state index contributed by atoms with van der Waals surface area (Å²) in [6, 6.07) is 87.9. The molecule has 1 aliphatic carbocycles. The second-order valence-corrected chi connectivity index (χ2v) is 15.3. The molecule has 0 atom stereocenters. The first-order chi connectivity index (χ1) is 29.8. The normalized spacial score (nSPS) is 11.3. The molecule has 0 aromatic heterocycles. The molecule has 282 valence electrons. The highest BCUT2D eigenvalue weighted by Crippen LogP contribution is 2.57. The molecule has 0 amide bonds. The Bertz CT molecular complexity index is 2920. The lowest BCUT2D eigenvalue weighted by Crippen LogP contribution is -2.13. The fourth-order valence-electron chi connectivity index (χ4n) is 9.18. The molecule has 10 aromatic carbocycles. The van der Waals surface area contributed by atoms with E-state index in [1.165, 1.54) is 60.8 Å². The van der Waals surface area contributed by atoms with Crippen LogP contribution in [0, 0.1) is 0 Å². The Hall–Kier alpha value is -7.94. The Morgan fingerprint density at radius 2 is 0.600 bits per heavy atom. The van der Waals surface area contributed by atoms with Crippen LogP contribution in [0.4, 0.5) is 34.1 Å². The summed E-state index contributed by atoms with van der Waals surface area (Å²) in [5.41, 5.74) is 18.7. The minimum Gasteiger partial charge on any atom is -0.310 e. The number of benzene rings is 10. The van der Waals surface area contributed by atoms with Gasteiger partial charge in [-0.3, -0.25) is 0 Å². The number of hydrogen-bond acceptors (Lipinski definition) is 2. The fraction of sp³-hybridized carbons (Fsp3) is 0. The van der Waals surface area contributed by atoms with Gasteiger partial charge in [0, 0.05) is 34.1 Å². The van der Waals surface area contributed by atoms with Gasteiger partial charge in [-0.05, 0) is 139 Å². The van der Waals surface area contributed by atoms with Gasteiger partial charge in [-0.25, -0.2) is 0 Å². The van der Waals surface area contributed by atoms with Gasteiger partial charge in [-0.15, -0.1) is 0 Å². The van der Waals surface area contributed by atoms with E-state index in [2.05, 4.69) is 252 Å². The van der Waals surface area contributed by atoms with Crippen molar-refractivity contribution in [2.24, 2.45) is 0 Å². The van der Waals surface area contributed by atoms with Crippen LogP contribution >= 0.6 is 0 Å². The highest BCUT2D eigenvalue weighted by Gasteiger charge is 2.31. The van der Waals surface area contributed by atoms with E-state index < -0.39 is 0 Å². The van der Waals surface area contributed by atoms with Gasteiger partial charge in [0.15, 0.2) is 0 Å². The van der Waals surface area contributed by atoms with Crippen LogP contribution < -0.4 is 9.80 Å². The van der Waals surface area contributed by atoms with E-state index in [1.807, 2.05) is 0 Å². The van der Waals surface area contributed by atoms with E-state index in [9.17, 15) is 0 Å². The molecule has 0 fully saturated rings. The third kappa shape index (κ3) is 6.14. The second-order valence-electron chi connectivity index (χ2n) is 15.3. The molecule has 2 heteroatoms. The molecular weight excluding hydrogens is 725 g/mol. The molecule has 2 nitrogen and oxygen atoms in total. The van der Waals surface area contributed by atoms with E-state index >= 15 is 0 Å². The summed E-state index contributed by atoms with van der Waals surface area (Å²) in [7, 11) is 0. The monoisotopic (exact) mass is 764 g/mol. The molecule has 0 spiro atoms. The lowest BCUT2D eigenvalue weighted by atomic mass is 9.82. The van der Waals surface area contributed by atoms with Crippen LogP contribution in [0.3, 0.4) is 0 Å². The highest BCUT2D eigenvalue weighted by molar-refractivity contribution is 6.22. The van der Waals surface area contributed by atoms with Gasteiger partial charge >= 0.3 is 0 Å². The summed E-state index contributed by atoms with van der Waals surface area (Å²) in [6.07, 6.45) is 0. The van der Waals surface area contributed by atoms with Gasteiger partial charge in [0.05, 0.1) is 0 Å². The Labute approximate surface area is 351 Å². The predicted octanol–water partition coefficient (Wildman–Crippen LogP) is 16.4. The molecule has 0 bridgehead atoms. The van der Waals surface area contributed by atoms with Crippen molar-refractivity contribution >= 4 is 44.9 Å². The molecule has 0 saturated heterocycles. The minimum absolute atomic E-state index is 1.06. The van der Waals surface area contributed by atoms with Crippen LogP contribution in [0.2, 0.25) is 0 Å². The van der Waals surface area contributed by atoms with Gasteiger partial charge in [0.2, 0.25) is 0 Å². The average Bonchev–Trinajstić information content (AvgIpc) is 3.66. The summed E-state index contributed by atoms with van der Waals surface area (Å²) in [5, 5.41) is 2.57. The van der Waals surface area contributed by atoms with Gasteiger partial charge in [-0.2, -0.15) is 0 Å². The molecule has 0 N–H and O–H groups in total. The third-order valence-electron chi connectivity index (χ3n) is 11.7. The molecule has 10 aromatic rings. The van der Waals surface area contributed by atoms with E-state index in [0.717, 1.165) is 39.7 Å². The predicted molar refractivity (Wildman–Crippen MR) is 254 cm³/mol. The van der Waals surface area contributed by atoms with E-state index in [-0.39, 0.29) is 0 Å². The number of fused-ring (bicyclic) bond motifs is 3. The number of rotatable bonds is 9. The van der Waals surface area contributed by atoms with Crippen molar-refractivity contribution in [2.45, 2.75) is 0 Å². The highest BCUT2D eigenvalue weighted by atomic mass is 15.2. The molecular formula is C58H40N2. The maximum atomic E-state index is 2.47. The number of hydrogen-bond donors (Lipinski definition) is 0. The van der Waals surface area contributed by atoms with Crippen LogP contribution in [-0.2, 0) is 0 Å². The Kier molecular flexibility index (Phi) is 8.87. The quantitative estimate of drug-likeness (QED) is 0.144. The minimum atomic E-state index is 1.06.